The predicted molar refractivity (Wildman–Crippen MR) is 60.9 cm³/mol. The van der Waals surface area contributed by atoms with E-state index in [0.717, 1.165) is 13.0 Å². The highest BCUT2D eigenvalue weighted by molar-refractivity contribution is 5.81. The van der Waals surface area contributed by atoms with Gasteiger partial charge in [-0.3, -0.25) is 4.79 Å². The molecular formula is C12H14O6. The summed E-state index contributed by atoms with van der Waals surface area (Å²) in [5, 5.41) is 19.0. The van der Waals surface area contributed by atoms with Gasteiger partial charge in [-0.25, -0.2) is 4.79 Å². The van der Waals surface area contributed by atoms with Gasteiger partial charge in [-0.1, -0.05) is 0 Å². The van der Waals surface area contributed by atoms with E-state index in [-0.39, 0.29) is 23.7 Å². The van der Waals surface area contributed by atoms with Crippen LogP contribution in [0.25, 0.3) is 0 Å². The first kappa shape index (κ1) is 13.8. The molecule has 0 saturated heterocycles. The molecule has 1 rings (SSSR count). The summed E-state index contributed by atoms with van der Waals surface area (Å²) in [6.45, 7) is 2.84. The van der Waals surface area contributed by atoms with Gasteiger partial charge in [0.15, 0.2) is 0 Å². The first-order valence-electron chi connectivity index (χ1n) is 5.31. The van der Waals surface area contributed by atoms with Crippen molar-refractivity contribution in [2.45, 2.75) is 20.0 Å². The number of aromatic hydroxyl groups is 2. The molecule has 1 atom stereocenters. The van der Waals surface area contributed by atoms with Crippen molar-refractivity contribution in [3.8, 4) is 11.5 Å². The Hall–Kier alpha value is -2.24. The Morgan fingerprint density at radius 3 is 2.56 bits per heavy atom. The minimum Gasteiger partial charge on any atom is -0.508 e. The summed E-state index contributed by atoms with van der Waals surface area (Å²) in [5.74, 6) is -1.94. The lowest BCUT2D eigenvalue weighted by molar-refractivity contribution is -0.167. The quantitative estimate of drug-likeness (QED) is 0.620. The van der Waals surface area contributed by atoms with E-state index in [0.29, 0.717) is 0 Å². The van der Waals surface area contributed by atoms with E-state index in [9.17, 15) is 19.8 Å². The molecule has 6 nitrogen and oxygen atoms in total. The van der Waals surface area contributed by atoms with Gasteiger partial charge in [-0.05, 0) is 25.1 Å². The molecule has 6 heteroatoms. The molecule has 2 N–H and O–H groups in total. The highest BCUT2D eigenvalue weighted by Gasteiger charge is 2.28. The van der Waals surface area contributed by atoms with Crippen molar-refractivity contribution in [1.29, 1.82) is 0 Å². The number of rotatable bonds is 4. The van der Waals surface area contributed by atoms with Gasteiger partial charge < -0.3 is 19.7 Å². The zero-order valence-electron chi connectivity index (χ0n) is 10.0. The normalized spacial score (nSPS) is 11.7. The molecule has 0 aliphatic rings. The fourth-order valence-electron chi connectivity index (χ4n) is 1.37. The van der Waals surface area contributed by atoms with E-state index in [4.69, 9.17) is 9.47 Å². The highest BCUT2D eigenvalue weighted by atomic mass is 16.6. The van der Waals surface area contributed by atoms with Crippen LogP contribution in [-0.4, -0.2) is 28.8 Å². The van der Waals surface area contributed by atoms with Gasteiger partial charge in [0.1, 0.15) is 11.5 Å². The third-order valence-electron chi connectivity index (χ3n) is 2.08. The SMILES string of the molecule is CCOC(=O)[C@H](OC(C)=O)c1cc(O)ccc1O. The summed E-state index contributed by atoms with van der Waals surface area (Å²) in [6, 6.07) is 3.58. The first-order chi connectivity index (χ1) is 8.45. The molecule has 0 bridgehead atoms. The van der Waals surface area contributed by atoms with E-state index >= 15 is 0 Å². The van der Waals surface area contributed by atoms with E-state index in [2.05, 4.69) is 0 Å². The topological polar surface area (TPSA) is 93.1 Å². The number of ether oxygens (including phenoxy) is 2. The Balaban J connectivity index is 3.12. The van der Waals surface area contributed by atoms with Crippen LogP contribution in [0.3, 0.4) is 0 Å². The van der Waals surface area contributed by atoms with E-state index in [1.807, 2.05) is 0 Å². The van der Waals surface area contributed by atoms with Crippen molar-refractivity contribution >= 4 is 11.9 Å². The molecule has 0 saturated carbocycles. The van der Waals surface area contributed by atoms with Gasteiger partial charge in [0.25, 0.3) is 0 Å². The van der Waals surface area contributed by atoms with E-state index in [1.165, 1.54) is 12.1 Å². The summed E-state index contributed by atoms with van der Waals surface area (Å²) in [7, 11) is 0. The van der Waals surface area contributed by atoms with Gasteiger partial charge >= 0.3 is 11.9 Å². The molecule has 0 fully saturated rings. The monoisotopic (exact) mass is 254 g/mol. The van der Waals surface area contributed by atoms with Crippen molar-refractivity contribution in [3.05, 3.63) is 23.8 Å². The maximum Gasteiger partial charge on any atom is 0.352 e. The van der Waals surface area contributed by atoms with Crippen LogP contribution in [0.1, 0.15) is 25.5 Å². The van der Waals surface area contributed by atoms with Crippen LogP contribution in [0, 0.1) is 0 Å². The molecule has 1 aromatic rings. The van der Waals surface area contributed by atoms with Gasteiger partial charge in [-0.15, -0.1) is 0 Å². The molecule has 0 unspecified atom stereocenters. The van der Waals surface area contributed by atoms with Crippen molar-refractivity contribution in [2.24, 2.45) is 0 Å². The molecule has 1 aromatic carbocycles. The van der Waals surface area contributed by atoms with Crippen LogP contribution < -0.4 is 0 Å². The molecule has 0 heterocycles. The Kier molecular flexibility index (Phi) is 4.53. The lowest BCUT2D eigenvalue weighted by Gasteiger charge is -2.17. The number of hydrogen-bond donors (Lipinski definition) is 2. The number of hydrogen-bond acceptors (Lipinski definition) is 6. The van der Waals surface area contributed by atoms with Crippen molar-refractivity contribution in [1.82, 2.24) is 0 Å². The van der Waals surface area contributed by atoms with Crippen LogP contribution in [0.2, 0.25) is 0 Å². The maximum absolute atomic E-state index is 11.7. The Morgan fingerprint density at radius 1 is 1.33 bits per heavy atom. The Morgan fingerprint density at radius 2 is 2.00 bits per heavy atom. The standard InChI is InChI=1S/C12H14O6/c1-3-17-12(16)11(18-7(2)13)9-6-8(14)4-5-10(9)15/h4-6,11,14-15H,3H2,1-2H3/t11-/m1/s1. The van der Waals surface area contributed by atoms with Gasteiger partial charge in [-0.2, -0.15) is 0 Å². The molecular weight excluding hydrogens is 240 g/mol. The molecule has 0 spiro atoms. The molecule has 98 valence electrons. The van der Waals surface area contributed by atoms with Gasteiger partial charge in [0.2, 0.25) is 6.10 Å². The second-order valence-electron chi connectivity index (χ2n) is 3.48. The van der Waals surface area contributed by atoms with Crippen molar-refractivity contribution < 1.29 is 29.3 Å². The zero-order chi connectivity index (χ0) is 13.7. The smallest absolute Gasteiger partial charge is 0.352 e. The zero-order valence-corrected chi connectivity index (χ0v) is 10.0. The minimum atomic E-state index is -1.39. The number of esters is 2. The van der Waals surface area contributed by atoms with Crippen molar-refractivity contribution in [2.75, 3.05) is 6.61 Å². The third-order valence-corrected chi connectivity index (χ3v) is 2.08. The molecule has 0 aliphatic carbocycles. The second kappa shape index (κ2) is 5.90. The number of carbonyl (C=O) groups is 2. The maximum atomic E-state index is 11.7. The number of phenols is 2. The lowest BCUT2D eigenvalue weighted by Crippen LogP contribution is -2.21. The molecule has 0 amide bonds. The van der Waals surface area contributed by atoms with Crippen LogP contribution in [0.4, 0.5) is 0 Å². The average molecular weight is 254 g/mol. The number of benzene rings is 1. The highest BCUT2D eigenvalue weighted by Crippen LogP contribution is 2.31. The Labute approximate surface area is 104 Å². The molecule has 0 radical (unpaired) electrons. The average Bonchev–Trinajstić information content (AvgIpc) is 2.29. The summed E-state index contributed by atoms with van der Waals surface area (Å²) in [5.41, 5.74) is -0.0244. The van der Waals surface area contributed by atoms with E-state index in [1.54, 1.807) is 6.92 Å². The third kappa shape index (κ3) is 3.38. The fourth-order valence-corrected chi connectivity index (χ4v) is 1.37. The van der Waals surface area contributed by atoms with Crippen LogP contribution in [0.15, 0.2) is 18.2 Å². The van der Waals surface area contributed by atoms with Crippen LogP contribution in [-0.2, 0) is 19.1 Å². The molecule has 0 aromatic heterocycles. The largest absolute Gasteiger partial charge is 0.508 e. The summed E-state index contributed by atoms with van der Waals surface area (Å²) >= 11 is 0. The summed E-state index contributed by atoms with van der Waals surface area (Å²) < 4.78 is 9.55. The Bertz CT molecular complexity index is 454. The summed E-state index contributed by atoms with van der Waals surface area (Å²) in [6.07, 6.45) is -1.39. The molecule has 0 aliphatic heterocycles. The van der Waals surface area contributed by atoms with Gasteiger partial charge in [0.05, 0.1) is 6.61 Å². The van der Waals surface area contributed by atoms with Crippen LogP contribution >= 0.6 is 0 Å². The molecule has 18 heavy (non-hydrogen) atoms. The first-order valence-corrected chi connectivity index (χ1v) is 5.31. The summed E-state index contributed by atoms with van der Waals surface area (Å²) in [4.78, 5) is 22.6. The second-order valence-corrected chi connectivity index (χ2v) is 3.48. The lowest BCUT2D eigenvalue weighted by atomic mass is 10.1. The number of phenolic OH excluding ortho intramolecular Hbond substituents is 2. The van der Waals surface area contributed by atoms with Gasteiger partial charge in [0, 0.05) is 12.5 Å². The number of carbonyl (C=O) groups excluding carboxylic acids is 2. The van der Waals surface area contributed by atoms with Crippen LogP contribution in [0.5, 0.6) is 11.5 Å². The minimum absolute atomic E-state index is 0.0244. The fraction of sp³-hybridized carbons (Fsp3) is 0.333. The predicted octanol–water partition coefficient (Wildman–Crippen LogP) is 1.27. The van der Waals surface area contributed by atoms with Crippen molar-refractivity contribution in [3.63, 3.8) is 0 Å². The van der Waals surface area contributed by atoms with E-state index < -0.39 is 18.0 Å².